The zero-order valence-corrected chi connectivity index (χ0v) is 14.9. The third kappa shape index (κ3) is 2.76. The molecule has 0 amide bonds. The van der Waals surface area contributed by atoms with Crippen LogP contribution in [0.3, 0.4) is 0 Å². The van der Waals surface area contributed by atoms with Crippen LogP contribution in [-0.2, 0) is 6.18 Å². The molecule has 0 saturated carbocycles. The quantitative estimate of drug-likeness (QED) is 0.468. The van der Waals surface area contributed by atoms with Crippen LogP contribution in [0.5, 0.6) is 0 Å². The third-order valence-corrected chi connectivity index (χ3v) is 5.67. The fourth-order valence-corrected chi connectivity index (χ4v) is 4.33. The van der Waals surface area contributed by atoms with Crippen molar-refractivity contribution in [3.8, 4) is 0 Å². The van der Waals surface area contributed by atoms with Gasteiger partial charge in [-0.15, -0.1) is 0 Å². The van der Waals surface area contributed by atoms with Crippen molar-refractivity contribution >= 4 is 27.8 Å². The van der Waals surface area contributed by atoms with Gasteiger partial charge in [-0.1, -0.05) is 0 Å². The summed E-state index contributed by atoms with van der Waals surface area (Å²) in [6.07, 6.45) is 0.410. The predicted octanol–water partition coefficient (Wildman–Crippen LogP) is 3.62. The molecule has 3 aromatic rings. The van der Waals surface area contributed by atoms with Crippen LogP contribution in [0.25, 0.3) is 21.9 Å². The van der Waals surface area contributed by atoms with Gasteiger partial charge < -0.3 is 4.90 Å². The average Bonchev–Trinajstić information content (AvgIpc) is 3.13. The van der Waals surface area contributed by atoms with Crippen LogP contribution in [0.1, 0.15) is 18.4 Å². The second kappa shape index (κ2) is 6.23. The Kier molecular flexibility index (Phi) is 3.90. The van der Waals surface area contributed by atoms with E-state index in [1.807, 2.05) is 0 Å². The Hall–Kier alpha value is -2.55. The normalized spacial score (nSPS) is 20.9. The second-order valence-corrected chi connectivity index (χ2v) is 7.31. The molecule has 0 bridgehead atoms. The van der Waals surface area contributed by atoms with E-state index in [1.165, 1.54) is 12.4 Å². The highest BCUT2D eigenvalue weighted by Crippen LogP contribution is 2.37. The van der Waals surface area contributed by atoms with Crippen LogP contribution in [0.4, 0.5) is 23.4 Å². The van der Waals surface area contributed by atoms with Crippen LogP contribution in [0.2, 0.25) is 0 Å². The summed E-state index contributed by atoms with van der Waals surface area (Å²) in [5.74, 6) is -0.774. The van der Waals surface area contributed by atoms with Crippen molar-refractivity contribution in [2.75, 3.05) is 31.1 Å². The summed E-state index contributed by atoms with van der Waals surface area (Å²) in [5, 5.41) is 0.153. The van der Waals surface area contributed by atoms with Crippen molar-refractivity contribution in [2.45, 2.75) is 25.1 Å². The van der Waals surface area contributed by atoms with E-state index >= 15 is 0 Å². The molecular formula is C19H17F4N5. The Balaban J connectivity index is 1.69. The van der Waals surface area contributed by atoms with Gasteiger partial charge >= 0.3 is 6.18 Å². The first-order valence-corrected chi connectivity index (χ1v) is 9.22. The number of alkyl halides is 3. The number of hydrogen-bond donors (Lipinski definition) is 0. The first kappa shape index (κ1) is 17.5. The molecule has 1 atom stereocenters. The SMILES string of the molecule is Fc1cc2nc(N3CCN4CCCC4C3)c3nccnc3c2cc1C(F)(F)F. The van der Waals surface area contributed by atoms with Gasteiger partial charge in [0.1, 0.15) is 16.9 Å². The van der Waals surface area contributed by atoms with E-state index < -0.39 is 17.6 Å². The first-order valence-electron chi connectivity index (χ1n) is 9.22. The van der Waals surface area contributed by atoms with E-state index in [-0.39, 0.29) is 10.9 Å². The standard InChI is InChI=1S/C19H17F4N5/c20-14-9-15-12(8-13(14)19(21,22)23)16-17(25-4-3-24-16)18(26-15)28-7-6-27-5-1-2-11(27)10-28/h3-4,8-9,11H,1-2,5-7,10H2. The zero-order chi connectivity index (χ0) is 19.5. The van der Waals surface area contributed by atoms with Gasteiger partial charge in [0.15, 0.2) is 5.82 Å². The predicted molar refractivity (Wildman–Crippen MR) is 96.6 cm³/mol. The maximum absolute atomic E-state index is 14.1. The van der Waals surface area contributed by atoms with Gasteiger partial charge in [0.05, 0.1) is 11.1 Å². The molecule has 2 aliphatic rings. The molecule has 0 spiro atoms. The second-order valence-electron chi connectivity index (χ2n) is 7.31. The summed E-state index contributed by atoms with van der Waals surface area (Å²) < 4.78 is 53.6. The van der Waals surface area contributed by atoms with Crippen LogP contribution in [0.15, 0.2) is 24.5 Å². The maximum Gasteiger partial charge on any atom is 0.419 e. The van der Waals surface area contributed by atoms with E-state index in [1.54, 1.807) is 0 Å². The fraction of sp³-hybridized carbons (Fsp3) is 0.421. The molecule has 0 aliphatic carbocycles. The number of anilines is 1. The number of halogens is 4. The summed E-state index contributed by atoms with van der Waals surface area (Å²) in [7, 11) is 0. The van der Waals surface area contributed by atoms with Gasteiger partial charge in [0, 0.05) is 49.5 Å². The van der Waals surface area contributed by atoms with Crippen molar-refractivity contribution in [1.29, 1.82) is 0 Å². The van der Waals surface area contributed by atoms with E-state index in [0.717, 1.165) is 51.2 Å². The van der Waals surface area contributed by atoms with E-state index in [9.17, 15) is 17.6 Å². The van der Waals surface area contributed by atoms with Gasteiger partial charge in [0.2, 0.25) is 0 Å². The van der Waals surface area contributed by atoms with Crippen LogP contribution in [-0.4, -0.2) is 52.1 Å². The summed E-state index contributed by atoms with van der Waals surface area (Å²) in [6.45, 7) is 3.50. The fourth-order valence-electron chi connectivity index (χ4n) is 4.33. The number of nitrogens with zero attached hydrogens (tertiary/aromatic N) is 5. The monoisotopic (exact) mass is 391 g/mol. The molecule has 5 nitrogen and oxygen atoms in total. The molecule has 1 aromatic carbocycles. The molecular weight excluding hydrogens is 374 g/mol. The molecule has 5 rings (SSSR count). The molecule has 0 radical (unpaired) electrons. The number of piperazine rings is 1. The molecule has 4 heterocycles. The number of fused-ring (bicyclic) bond motifs is 4. The van der Waals surface area contributed by atoms with Crippen molar-refractivity contribution in [3.63, 3.8) is 0 Å². The Labute approximate surface area is 158 Å². The molecule has 146 valence electrons. The van der Waals surface area contributed by atoms with Crippen molar-refractivity contribution in [1.82, 2.24) is 19.9 Å². The van der Waals surface area contributed by atoms with Crippen LogP contribution in [0, 0.1) is 5.82 Å². The summed E-state index contributed by atoms with van der Waals surface area (Å²) in [4.78, 5) is 17.7. The summed E-state index contributed by atoms with van der Waals surface area (Å²) in [6, 6.07) is 2.07. The highest BCUT2D eigenvalue weighted by atomic mass is 19.4. The lowest BCUT2D eigenvalue weighted by molar-refractivity contribution is -0.139. The number of rotatable bonds is 1. The van der Waals surface area contributed by atoms with Crippen LogP contribution >= 0.6 is 0 Å². The third-order valence-electron chi connectivity index (χ3n) is 5.67. The minimum atomic E-state index is -4.79. The van der Waals surface area contributed by atoms with E-state index in [4.69, 9.17) is 0 Å². The minimum absolute atomic E-state index is 0.153. The number of benzene rings is 1. The van der Waals surface area contributed by atoms with Gasteiger partial charge in [-0.3, -0.25) is 9.88 Å². The Morgan fingerprint density at radius 2 is 1.79 bits per heavy atom. The average molecular weight is 391 g/mol. The van der Waals surface area contributed by atoms with Crippen molar-refractivity contribution in [2.24, 2.45) is 0 Å². The van der Waals surface area contributed by atoms with Crippen molar-refractivity contribution in [3.05, 3.63) is 35.9 Å². The molecule has 2 aromatic heterocycles. The van der Waals surface area contributed by atoms with Gasteiger partial charge in [-0.05, 0) is 25.5 Å². The highest BCUT2D eigenvalue weighted by Gasteiger charge is 2.36. The highest BCUT2D eigenvalue weighted by molar-refractivity contribution is 6.06. The topological polar surface area (TPSA) is 45.2 Å². The number of hydrogen-bond acceptors (Lipinski definition) is 5. The van der Waals surface area contributed by atoms with Crippen molar-refractivity contribution < 1.29 is 17.6 Å². The Bertz CT molecular complexity index is 1070. The molecule has 1 unspecified atom stereocenters. The lowest BCUT2D eigenvalue weighted by Gasteiger charge is -2.38. The molecule has 0 N–H and O–H groups in total. The van der Waals surface area contributed by atoms with Gasteiger partial charge in [-0.2, -0.15) is 13.2 Å². The van der Waals surface area contributed by atoms with E-state index in [2.05, 4.69) is 24.8 Å². The Morgan fingerprint density at radius 1 is 1.00 bits per heavy atom. The first-order chi connectivity index (χ1) is 13.4. The number of pyridine rings is 1. The molecule has 2 aliphatic heterocycles. The van der Waals surface area contributed by atoms with Crippen LogP contribution < -0.4 is 4.90 Å². The van der Waals surface area contributed by atoms with Gasteiger partial charge in [-0.25, -0.2) is 14.4 Å². The Morgan fingerprint density at radius 3 is 2.57 bits per heavy atom. The lowest BCUT2D eigenvalue weighted by Crippen LogP contribution is -2.50. The summed E-state index contributed by atoms with van der Waals surface area (Å²) in [5.41, 5.74) is -0.411. The van der Waals surface area contributed by atoms with E-state index in [0.29, 0.717) is 22.9 Å². The smallest absolute Gasteiger partial charge is 0.352 e. The lowest BCUT2D eigenvalue weighted by atomic mass is 10.1. The maximum atomic E-state index is 14.1. The van der Waals surface area contributed by atoms with Gasteiger partial charge in [0.25, 0.3) is 0 Å². The minimum Gasteiger partial charge on any atom is -0.352 e. The summed E-state index contributed by atoms with van der Waals surface area (Å²) >= 11 is 0. The molecule has 2 fully saturated rings. The zero-order valence-electron chi connectivity index (χ0n) is 14.9. The largest absolute Gasteiger partial charge is 0.419 e. The molecule has 9 heteroatoms. The number of aromatic nitrogens is 3. The molecule has 2 saturated heterocycles. The molecule has 28 heavy (non-hydrogen) atoms.